The summed E-state index contributed by atoms with van der Waals surface area (Å²) >= 11 is 0. The van der Waals surface area contributed by atoms with Crippen LogP contribution in [0.15, 0.2) is 36.7 Å². The number of hydrogen-bond donors (Lipinski definition) is 2. The molecule has 8 nitrogen and oxygen atoms in total. The van der Waals surface area contributed by atoms with E-state index in [0.717, 1.165) is 21.8 Å². The second kappa shape index (κ2) is 8.42. The number of anilines is 1. The number of halogens is 5. The summed E-state index contributed by atoms with van der Waals surface area (Å²) in [6.45, 7) is -0.501. The number of amides is 2. The fraction of sp³-hybridized carbons (Fsp3) is 0.391. The number of likely N-dealkylation sites (tertiary alicyclic amines) is 1. The van der Waals surface area contributed by atoms with Crippen molar-refractivity contribution in [3.05, 3.63) is 47.8 Å². The number of nitrogens with two attached hydrogens (primary N) is 1. The number of nitrogen functional groups attached to an aromatic ring is 1. The maximum atomic E-state index is 14.6. The third kappa shape index (κ3) is 4.01. The molecule has 36 heavy (non-hydrogen) atoms. The molecule has 3 heterocycles. The Morgan fingerprint density at radius 1 is 1.17 bits per heavy atom. The highest BCUT2D eigenvalue weighted by Crippen LogP contribution is 2.39. The zero-order valence-electron chi connectivity index (χ0n) is 18.7. The number of benzene rings is 1. The van der Waals surface area contributed by atoms with Gasteiger partial charge in [0.15, 0.2) is 11.5 Å². The lowest BCUT2D eigenvalue weighted by atomic mass is 9.81. The van der Waals surface area contributed by atoms with E-state index < -0.39 is 47.0 Å². The molecular weight excluding hydrogens is 487 g/mol. The molecule has 1 saturated carbocycles. The van der Waals surface area contributed by atoms with E-state index in [-0.39, 0.29) is 48.6 Å². The molecule has 2 atom stereocenters. The molecular formula is C23H21F5N6O2. The van der Waals surface area contributed by atoms with Gasteiger partial charge in [0.1, 0.15) is 18.0 Å². The molecule has 0 spiro atoms. The van der Waals surface area contributed by atoms with Crippen LogP contribution in [-0.4, -0.2) is 62.3 Å². The molecule has 2 aromatic heterocycles. The first-order chi connectivity index (χ1) is 17.0. The molecule has 190 valence electrons. The molecule has 2 amide bonds. The van der Waals surface area contributed by atoms with Gasteiger partial charge in [-0.2, -0.15) is 18.3 Å². The van der Waals surface area contributed by atoms with Gasteiger partial charge in [0.05, 0.1) is 23.8 Å². The van der Waals surface area contributed by atoms with Crippen LogP contribution in [0, 0.1) is 0 Å². The van der Waals surface area contributed by atoms with E-state index in [1.165, 1.54) is 24.3 Å². The van der Waals surface area contributed by atoms with Gasteiger partial charge >= 0.3 is 6.18 Å². The minimum absolute atomic E-state index is 0.0239. The van der Waals surface area contributed by atoms with Crippen molar-refractivity contribution in [3.8, 4) is 11.3 Å². The van der Waals surface area contributed by atoms with Gasteiger partial charge in [-0.05, 0) is 37.5 Å². The van der Waals surface area contributed by atoms with Crippen molar-refractivity contribution in [2.45, 2.75) is 43.3 Å². The molecule has 0 unspecified atom stereocenters. The maximum Gasteiger partial charge on any atom is 0.418 e. The van der Waals surface area contributed by atoms with E-state index in [9.17, 15) is 31.5 Å². The van der Waals surface area contributed by atoms with E-state index in [1.807, 2.05) is 0 Å². The first-order valence-corrected chi connectivity index (χ1v) is 11.2. The van der Waals surface area contributed by atoms with E-state index in [4.69, 9.17) is 5.73 Å². The van der Waals surface area contributed by atoms with Crippen LogP contribution in [0.4, 0.5) is 27.8 Å². The largest absolute Gasteiger partial charge is 0.418 e. The van der Waals surface area contributed by atoms with E-state index in [0.29, 0.717) is 6.42 Å². The number of carbonyl (C=O) groups excluding carboxylic acids is 2. The van der Waals surface area contributed by atoms with Crippen LogP contribution < -0.4 is 11.1 Å². The zero-order chi connectivity index (χ0) is 25.8. The van der Waals surface area contributed by atoms with Crippen molar-refractivity contribution in [2.24, 2.45) is 0 Å². The standard InChI is InChI=1S/C23H21F5N6O2/c24-15-9-33(21(36)22(25)5-2-6-22)10-16(15)32-20(35)13-4-1-3-12(7-13)17-8-14(23(26,27)28)18-19(29)30-11-31-34(17)18/h1,3-4,7-8,11,15-16H,2,5-6,9-10H2,(H,32,35)(H2,29,30,31)/t15-,16+/m0/s1. The Morgan fingerprint density at radius 2 is 1.92 bits per heavy atom. The van der Waals surface area contributed by atoms with Gasteiger partial charge < -0.3 is 16.0 Å². The number of alkyl halides is 5. The molecule has 1 saturated heterocycles. The number of fused-ring (bicyclic) bond motifs is 1. The summed E-state index contributed by atoms with van der Waals surface area (Å²) < 4.78 is 70.9. The van der Waals surface area contributed by atoms with Crippen molar-refractivity contribution < 1.29 is 31.5 Å². The quantitative estimate of drug-likeness (QED) is 0.527. The average molecular weight is 508 g/mol. The van der Waals surface area contributed by atoms with Gasteiger partial charge in [-0.1, -0.05) is 12.1 Å². The minimum atomic E-state index is -4.73. The molecule has 3 N–H and O–H groups in total. The zero-order valence-corrected chi connectivity index (χ0v) is 18.7. The number of carbonyl (C=O) groups is 2. The molecule has 0 bridgehead atoms. The predicted octanol–water partition coefficient (Wildman–Crippen LogP) is 3.17. The molecule has 13 heteroatoms. The van der Waals surface area contributed by atoms with Crippen molar-refractivity contribution in [1.29, 1.82) is 0 Å². The molecule has 2 fully saturated rings. The van der Waals surface area contributed by atoms with E-state index >= 15 is 0 Å². The van der Waals surface area contributed by atoms with Crippen LogP contribution in [0.2, 0.25) is 0 Å². The van der Waals surface area contributed by atoms with Gasteiger partial charge in [-0.25, -0.2) is 18.3 Å². The lowest BCUT2D eigenvalue weighted by Crippen LogP contribution is -2.50. The number of rotatable bonds is 4. The topological polar surface area (TPSA) is 106 Å². The van der Waals surface area contributed by atoms with Crippen molar-refractivity contribution >= 4 is 23.1 Å². The second-order valence-electron chi connectivity index (χ2n) is 9.05. The third-order valence-electron chi connectivity index (χ3n) is 6.69. The van der Waals surface area contributed by atoms with Crippen LogP contribution in [-0.2, 0) is 11.0 Å². The summed E-state index contributed by atoms with van der Waals surface area (Å²) in [5, 5.41) is 6.39. The van der Waals surface area contributed by atoms with Gasteiger partial charge in [0.2, 0.25) is 0 Å². The Labute approximate surface area is 201 Å². The molecule has 0 radical (unpaired) electrons. The Balaban J connectivity index is 1.39. The lowest BCUT2D eigenvalue weighted by molar-refractivity contribution is -0.149. The van der Waals surface area contributed by atoms with Gasteiger partial charge in [0, 0.05) is 17.7 Å². The SMILES string of the molecule is Nc1ncnn2c(-c3cccc(C(=O)N[C@@H]4CN(C(=O)C5(F)CCC5)C[C@@H]4F)c3)cc(C(F)(F)F)c12. The molecule has 1 aliphatic carbocycles. The average Bonchev–Trinajstić information content (AvgIpc) is 3.39. The van der Waals surface area contributed by atoms with Crippen molar-refractivity contribution in [1.82, 2.24) is 24.8 Å². The van der Waals surface area contributed by atoms with Crippen LogP contribution in [0.5, 0.6) is 0 Å². The Hall–Kier alpha value is -3.77. The summed E-state index contributed by atoms with van der Waals surface area (Å²) in [4.78, 5) is 30.0. The fourth-order valence-corrected chi connectivity index (χ4v) is 4.61. The predicted molar refractivity (Wildman–Crippen MR) is 118 cm³/mol. The molecule has 2 aliphatic rings. The van der Waals surface area contributed by atoms with Gasteiger partial charge in [-0.3, -0.25) is 9.59 Å². The smallest absolute Gasteiger partial charge is 0.382 e. The third-order valence-corrected chi connectivity index (χ3v) is 6.69. The number of aromatic nitrogens is 3. The summed E-state index contributed by atoms with van der Waals surface area (Å²) in [6, 6.07) is 5.52. The molecule has 1 aliphatic heterocycles. The van der Waals surface area contributed by atoms with E-state index in [2.05, 4.69) is 15.4 Å². The van der Waals surface area contributed by atoms with Gasteiger partial charge in [-0.15, -0.1) is 0 Å². The summed E-state index contributed by atoms with van der Waals surface area (Å²) in [5.74, 6) is -1.82. The van der Waals surface area contributed by atoms with E-state index in [1.54, 1.807) is 0 Å². The summed E-state index contributed by atoms with van der Waals surface area (Å²) in [5.41, 5.74) is 2.58. The molecule has 3 aromatic rings. The van der Waals surface area contributed by atoms with Crippen molar-refractivity contribution in [3.63, 3.8) is 0 Å². The lowest BCUT2D eigenvalue weighted by Gasteiger charge is -2.35. The molecule has 5 rings (SSSR count). The van der Waals surface area contributed by atoms with Crippen molar-refractivity contribution in [2.75, 3.05) is 18.8 Å². The number of nitrogens with one attached hydrogen (secondary N) is 1. The van der Waals surface area contributed by atoms with Crippen LogP contribution in [0.3, 0.4) is 0 Å². The monoisotopic (exact) mass is 508 g/mol. The van der Waals surface area contributed by atoms with Crippen LogP contribution >= 0.6 is 0 Å². The highest BCUT2D eigenvalue weighted by molar-refractivity contribution is 5.96. The van der Waals surface area contributed by atoms with Gasteiger partial charge in [0.25, 0.3) is 11.8 Å². The first-order valence-electron chi connectivity index (χ1n) is 11.2. The number of hydrogen-bond acceptors (Lipinski definition) is 5. The fourth-order valence-electron chi connectivity index (χ4n) is 4.61. The summed E-state index contributed by atoms with van der Waals surface area (Å²) in [7, 11) is 0. The number of nitrogens with zero attached hydrogens (tertiary/aromatic N) is 4. The Kier molecular flexibility index (Phi) is 5.60. The van der Waals surface area contributed by atoms with Crippen LogP contribution in [0.25, 0.3) is 16.8 Å². The second-order valence-corrected chi connectivity index (χ2v) is 9.05. The summed E-state index contributed by atoms with van der Waals surface area (Å²) in [6.07, 6.45) is -4.51. The Bertz CT molecular complexity index is 1350. The Morgan fingerprint density at radius 3 is 2.58 bits per heavy atom. The highest BCUT2D eigenvalue weighted by Gasteiger charge is 2.50. The maximum absolute atomic E-state index is 14.6. The molecule has 1 aromatic carbocycles. The van der Waals surface area contributed by atoms with Crippen LogP contribution in [0.1, 0.15) is 35.2 Å². The highest BCUT2D eigenvalue weighted by atomic mass is 19.4. The minimum Gasteiger partial charge on any atom is -0.382 e. The normalized spacial score (nSPS) is 21.4. The first kappa shape index (κ1) is 23.9.